The van der Waals surface area contributed by atoms with Crippen LogP contribution in [0.5, 0.6) is 5.75 Å². The van der Waals surface area contributed by atoms with Crippen LogP contribution in [0.3, 0.4) is 0 Å². The molecule has 0 bridgehead atoms. The van der Waals surface area contributed by atoms with Crippen LogP contribution in [0.2, 0.25) is 0 Å². The summed E-state index contributed by atoms with van der Waals surface area (Å²) in [6.45, 7) is 4.43. The van der Waals surface area contributed by atoms with E-state index in [1.54, 1.807) is 6.07 Å². The van der Waals surface area contributed by atoms with Gasteiger partial charge in [-0.05, 0) is 72.1 Å². The molecule has 0 aliphatic heterocycles. The molecule has 29 heavy (non-hydrogen) atoms. The Hall–Kier alpha value is -2.68. The van der Waals surface area contributed by atoms with Crippen molar-refractivity contribution in [3.05, 3.63) is 76.9 Å². The van der Waals surface area contributed by atoms with Gasteiger partial charge in [0.15, 0.2) is 11.6 Å². The van der Waals surface area contributed by atoms with Gasteiger partial charge < -0.3 is 4.74 Å². The molecule has 150 valence electrons. The van der Waals surface area contributed by atoms with Gasteiger partial charge in [-0.1, -0.05) is 55.8 Å². The molecule has 3 aromatic carbocycles. The average Bonchev–Trinajstić information content (AvgIpc) is 2.75. The number of fused-ring (bicyclic) bond motifs is 3. The monoisotopic (exact) mass is 392 g/mol. The highest BCUT2D eigenvalue weighted by Gasteiger charge is 2.25. The molecule has 0 fully saturated rings. The highest BCUT2D eigenvalue weighted by atomic mass is 19.1. The van der Waals surface area contributed by atoms with Crippen molar-refractivity contribution >= 4 is 0 Å². The summed E-state index contributed by atoms with van der Waals surface area (Å²) in [6, 6.07) is 15.4. The Morgan fingerprint density at radius 2 is 1.38 bits per heavy atom. The molecule has 0 heterocycles. The lowest BCUT2D eigenvalue weighted by molar-refractivity contribution is 0.320. The van der Waals surface area contributed by atoms with Crippen molar-refractivity contribution in [3.8, 4) is 28.0 Å². The summed E-state index contributed by atoms with van der Waals surface area (Å²) in [5.41, 5.74) is 5.63. The lowest BCUT2D eigenvalue weighted by Crippen LogP contribution is -2.10. The van der Waals surface area contributed by atoms with E-state index in [0.29, 0.717) is 36.1 Å². The molecule has 3 heteroatoms. The SMILES string of the molecule is CCCCc1ccc(-c2ccc3c(c2F)CCc2c-3ccc(OCC)c2F)cc1. The molecule has 0 N–H and O–H groups in total. The van der Waals surface area contributed by atoms with E-state index < -0.39 is 0 Å². The third-order valence-electron chi connectivity index (χ3n) is 5.75. The smallest absolute Gasteiger partial charge is 0.168 e. The van der Waals surface area contributed by atoms with Gasteiger partial charge in [0.1, 0.15) is 5.82 Å². The van der Waals surface area contributed by atoms with Crippen molar-refractivity contribution in [1.82, 2.24) is 0 Å². The molecule has 0 saturated carbocycles. The number of halogens is 2. The van der Waals surface area contributed by atoms with Gasteiger partial charge in [-0.2, -0.15) is 0 Å². The zero-order chi connectivity index (χ0) is 20.4. The van der Waals surface area contributed by atoms with Gasteiger partial charge in [-0.3, -0.25) is 0 Å². The molecule has 0 radical (unpaired) electrons. The number of aryl methyl sites for hydroxylation is 1. The largest absolute Gasteiger partial charge is 0.491 e. The molecule has 0 amide bonds. The third-order valence-corrected chi connectivity index (χ3v) is 5.75. The number of hydrogen-bond acceptors (Lipinski definition) is 1. The Morgan fingerprint density at radius 1 is 0.759 bits per heavy atom. The molecule has 0 atom stereocenters. The molecular formula is C26H26F2O. The molecule has 1 nitrogen and oxygen atoms in total. The summed E-state index contributed by atoms with van der Waals surface area (Å²) < 4.78 is 35.6. The second-order valence-corrected chi connectivity index (χ2v) is 7.59. The lowest BCUT2D eigenvalue weighted by atomic mass is 9.83. The van der Waals surface area contributed by atoms with Crippen molar-refractivity contribution in [1.29, 1.82) is 0 Å². The van der Waals surface area contributed by atoms with Crippen LogP contribution in [0.15, 0.2) is 48.5 Å². The van der Waals surface area contributed by atoms with E-state index in [1.807, 2.05) is 37.3 Å². The van der Waals surface area contributed by atoms with Gasteiger partial charge >= 0.3 is 0 Å². The topological polar surface area (TPSA) is 9.23 Å². The highest BCUT2D eigenvalue weighted by Crippen LogP contribution is 2.41. The predicted molar refractivity (Wildman–Crippen MR) is 114 cm³/mol. The normalized spacial score (nSPS) is 12.4. The first-order valence-corrected chi connectivity index (χ1v) is 10.5. The summed E-state index contributed by atoms with van der Waals surface area (Å²) in [5, 5.41) is 0. The minimum absolute atomic E-state index is 0.191. The maximum absolute atomic E-state index is 15.4. The fraction of sp³-hybridized carbons (Fsp3) is 0.308. The van der Waals surface area contributed by atoms with E-state index in [4.69, 9.17) is 4.74 Å². The van der Waals surface area contributed by atoms with Crippen LogP contribution in [0.25, 0.3) is 22.3 Å². The molecule has 0 unspecified atom stereocenters. The minimum Gasteiger partial charge on any atom is -0.491 e. The standard InChI is InChI=1S/C26H26F2O/c1-3-5-6-17-7-9-18(10-8-17)19-11-12-20-21-15-16-24(29-4-2)26(28)23(21)14-13-22(20)25(19)27/h7-12,15-16H,3-6,13-14H2,1-2H3. The van der Waals surface area contributed by atoms with Crippen molar-refractivity contribution in [2.24, 2.45) is 0 Å². The third kappa shape index (κ3) is 3.66. The first-order valence-electron chi connectivity index (χ1n) is 10.5. The average molecular weight is 392 g/mol. The Bertz CT molecular complexity index is 1020. The van der Waals surface area contributed by atoms with Crippen molar-refractivity contribution < 1.29 is 13.5 Å². The second kappa shape index (κ2) is 8.36. The van der Waals surface area contributed by atoms with Gasteiger partial charge in [-0.15, -0.1) is 0 Å². The van der Waals surface area contributed by atoms with Crippen LogP contribution in [0.1, 0.15) is 43.4 Å². The van der Waals surface area contributed by atoms with Crippen LogP contribution in [0.4, 0.5) is 8.78 Å². The Kier molecular flexibility index (Phi) is 5.66. The predicted octanol–water partition coefficient (Wildman–Crippen LogP) is 7.14. The molecule has 0 aromatic heterocycles. The van der Waals surface area contributed by atoms with E-state index in [2.05, 4.69) is 19.1 Å². The molecule has 0 spiro atoms. The molecule has 1 aliphatic rings. The number of unbranched alkanes of at least 4 members (excludes halogenated alkanes) is 1. The van der Waals surface area contributed by atoms with Crippen molar-refractivity contribution in [2.75, 3.05) is 6.61 Å². The van der Waals surface area contributed by atoms with Crippen LogP contribution >= 0.6 is 0 Å². The number of hydrogen-bond donors (Lipinski definition) is 0. The summed E-state index contributed by atoms with van der Waals surface area (Å²) in [7, 11) is 0. The molecule has 0 saturated heterocycles. The minimum atomic E-state index is -0.317. The maximum Gasteiger partial charge on any atom is 0.168 e. The Morgan fingerprint density at radius 3 is 2.03 bits per heavy atom. The van der Waals surface area contributed by atoms with Gasteiger partial charge in [0.2, 0.25) is 0 Å². The van der Waals surface area contributed by atoms with Gasteiger partial charge in [0.05, 0.1) is 6.61 Å². The molecule has 3 aromatic rings. The van der Waals surface area contributed by atoms with Gasteiger partial charge in [-0.25, -0.2) is 8.78 Å². The highest BCUT2D eigenvalue weighted by molar-refractivity contribution is 5.78. The van der Waals surface area contributed by atoms with E-state index in [0.717, 1.165) is 36.0 Å². The van der Waals surface area contributed by atoms with E-state index >= 15 is 4.39 Å². The van der Waals surface area contributed by atoms with Crippen LogP contribution in [-0.4, -0.2) is 6.61 Å². The first-order chi connectivity index (χ1) is 14.1. The van der Waals surface area contributed by atoms with Gasteiger partial charge in [0, 0.05) is 5.56 Å². The summed E-state index contributed by atoms with van der Waals surface area (Å²) >= 11 is 0. The zero-order valence-electron chi connectivity index (χ0n) is 17.0. The Labute approximate surface area is 171 Å². The number of rotatable bonds is 6. The fourth-order valence-corrected chi connectivity index (χ4v) is 4.19. The van der Waals surface area contributed by atoms with Crippen molar-refractivity contribution in [2.45, 2.75) is 46.0 Å². The van der Waals surface area contributed by atoms with E-state index in [-0.39, 0.29) is 17.4 Å². The molecular weight excluding hydrogens is 366 g/mol. The number of benzene rings is 3. The van der Waals surface area contributed by atoms with E-state index in [1.165, 1.54) is 5.56 Å². The zero-order valence-corrected chi connectivity index (χ0v) is 17.0. The van der Waals surface area contributed by atoms with Gasteiger partial charge in [0.25, 0.3) is 0 Å². The fourth-order valence-electron chi connectivity index (χ4n) is 4.19. The number of ether oxygens (including phenoxy) is 1. The quantitative estimate of drug-likeness (QED) is 0.433. The Balaban J connectivity index is 1.71. The maximum atomic E-state index is 15.4. The first kappa shape index (κ1) is 19.6. The summed E-state index contributed by atoms with van der Waals surface area (Å²) in [5.74, 6) is -0.235. The lowest BCUT2D eigenvalue weighted by Gasteiger charge is -2.23. The molecule has 4 rings (SSSR count). The van der Waals surface area contributed by atoms with Crippen LogP contribution in [-0.2, 0) is 19.3 Å². The van der Waals surface area contributed by atoms with Crippen LogP contribution in [0, 0.1) is 11.6 Å². The van der Waals surface area contributed by atoms with E-state index in [9.17, 15) is 4.39 Å². The molecule has 1 aliphatic carbocycles. The summed E-state index contributed by atoms with van der Waals surface area (Å²) in [4.78, 5) is 0. The van der Waals surface area contributed by atoms with Crippen molar-refractivity contribution in [3.63, 3.8) is 0 Å². The second-order valence-electron chi connectivity index (χ2n) is 7.59. The summed E-state index contributed by atoms with van der Waals surface area (Å²) in [6.07, 6.45) is 4.34. The van der Waals surface area contributed by atoms with Crippen LogP contribution < -0.4 is 4.74 Å².